The summed E-state index contributed by atoms with van der Waals surface area (Å²) in [6.07, 6.45) is 0. The lowest BCUT2D eigenvalue weighted by atomic mass is 9.88. The Kier molecular flexibility index (Phi) is 7.03. The molecule has 1 aliphatic rings. The predicted molar refractivity (Wildman–Crippen MR) is 177 cm³/mol. The maximum absolute atomic E-state index is 14.8. The monoisotopic (exact) mass is 593 g/mol. The minimum absolute atomic E-state index is 0.220. The lowest BCUT2D eigenvalue weighted by Crippen LogP contribution is -2.35. The van der Waals surface area contributed by atoms with Gasteiger partial charge in [-0.25, -0.2) is 8.42 Å². The van der Waals surface area contributed by atoms with E-state index in [1.54, 1.807) is 16.4 Å². The second-order valence-corrected chi connectivity index (χ2v) is 12.9. The van der Waals surface area contributed by atoms with Crippen molar-refractivity contribution >= 4 is 15.7 Å². The van der Waals surface area contributed by atoms with E-state index >= 15 is 0 Å². The molecule has 2 atom stereocenters. The van der Waals surface area contributed by atoms with E-state index in [0.717, 1.165) is 44.7 Å². The van der Waals surface area contributed by atoms with Crippen LogP contribution in [0.25, 0.3) is 22.6 Å². The number of para-hydroxylation sites is 1. The van der Waals surface area contributed by atoms with Crippen molar-refractivity contribution in [3.63, 3.8) is 0 Å². The first-order chi connectivity index (χ1) is 21.4. The Morgan fingerprint density at radius 1 is 0.614 bits per heavy atom. The van der Waals surface area contributed by atoms with Crippen LogP contribution in [0.3, 0.4) is 0 Å². The van der Waals surface area contributed by atoms with Gasteiger partial charge in [-0.3, -0.25) is 4.31 Å². The largest absolute Gasteiger partial charge is 0.455 e. The molecule has 0 N–H and O–H groups in total. The van der Waals surface area contributed by atoms with E-state index in [0.29, 0.717) is 11.4 Å². The van der Waals surface area contributed by atoms with Crippen molar-refractivity contribution in [1.29, 1.82) is 0 Å². The highest BCUT2D eigenvalue weighted by Crippen LogP contribution is 2.59. The zero-order chi connectivity index (χ0) is 30.3. The summed E-state index contributed by atoms with van der Waals surface area (Å²) in [6, 6.07) is 45.7. The van der Waals surface area contributed by atoms with Gasteiger partial charge in [-0.15, -0.1) is 0 Å². The standard InChI is InChI=1S/C39H31NO3S/c1-27-23-25-33(26-24-27)44(41,42)40(32-21-13-6-14-22-32)37-28(2)34(29-15-7-3-8-16-29)35-36(37)39(31-19-11-5-12-20-31)43-38(35)30-17-9-4-10-18-30/h3-26,34,37H,2H2,1H3/t34-,37+/m1/s1. The van der Waals surface area contributed by atoms with Crippen LogP contribution in [0.4, 0.5) is 5.69 Å². The maximum atomic E-state index is 14.8. The molecule has 0 unspecified atom stereocenters. The van der Waals surface area contributed by atoms with E-state index in [1.165, 1.54) is 0 Å². The zero-order valence-corrected chi connectivity index (χ0v) is 25.1. The smallest absolute Gasteiger partial charge is 0.265 e. The Hall–Kier alpha value is -5.13. The summed E-state index contributed by atoms with van der Waals surface area (Å²) >= 11 is 0. The van der Waals surface area contributed by atoms with Gasteiger partial charge < -0.3 is 4.42 Å². The highest BCUT2D eigenvalue weighted by Gasteiger charge is 2.48. The van der Waals surface area contributed by atoms with Crippen LogP contribution >= 0.6 is 0 Å². The van der Waals surface area contributed by atoms with Crippen molar-refractivity contribution < 1.29 is 12.8 Å². The molecule has 0 radical (unpaired) electrons. The first-order valence-corrected chi connectivity index (χ1v) is 16.1. The normalized spacial score (nSPS) is 16.1. The molecule has 5 heteroatoms. The number of hydrogen-bond acceptors (Lipinski definition) is 3. The Morgan fingerprint density at radius 3 is 1.64 bits per heavy atom. The Morgan fingerprint density at radius 2 is 1.09 bits per heavy atom. The third-order valence-corrected chi connectivity index (χ3v) is 10.1. The molecule has 1 aromatic heterocycles. The van der Waals surface area contributed by atoms with Crippen molar-refractivity contribution in [2.75, 3.05) is 4.31 Å². The van der Waals surface area contributed by atoms with Crippen molar-refractivity contribution in [2.24, 2.45) is 0 Å². The fourth-order valence-electron chi connectivity index (χ4n) is 6.27. The molecule has 0 saturated carbocycles. The van der Waals surface area contributed by atoms with Crippen LogP contribution in [-0.2, 0) is 10.0 Å². The molecule has 0 spiro atoms. The number of benzene rings is 5. The summed E-state index contributed by atoms with van der Waals surface area (Å²) in [5.74, 6) is 1.06. The van der Waals surface area contributed by atoms with Crippen molar-refractivity contribution in [3.05, 3.63) is 180 Å². The third kappa shape index (κ3) is 4.66. The maximum Gasteiger partial charge on any atom is 0.265 e. The SMILES string of the molecule is C=C1[C@H](c2ccccc2)c2c(-c3ccccc3)oc(-c3ccccc3)c2[C@H]1N(c1ccccc1)S(=O)(=O)c1ccc(C)cc1. The molecule has 0 aliphatic heterocycles. The van der Waals surface area contributed by atoms with Crippen LogP contribution < -0.4 is 4.31 Å². The molecule has 1 heterocycles. The minimum atomic E-state index is -4.06. The molecule has 4 nitrogen and oxygen atoms in total. The molecule has 0 saturated heterocycles. The van der Waals surface area contributed by atoms with E-state index in [1.807, 2.05) is 128 Å². The lowest BCUT2D eigenvalue weighted by Gasteiger charge is -2.32. The molecule has 0 bridgehead atoms. The van der Waals surface area contributed by atoms with Crippen LogP contribution in [0.2, 0.25) is 0 Å². The van der Waals surface area contributed by atoms with E-state index in [9.17, 15) is 8.42 Å². The van der Waals surface area contributed by atoms with E-state index in [4.69, 9.17) is 4.42 Å². The molecule has 1 aliphatic carbocycles. The van der Waals surface area contributed by atoms with Crippen LogP contribution in [0, 0.1) is 6.92 Å². The van der Waals surface area contributed by atoms with Crippen LogP contribution in [-0.4, -0.2) is 8.42 Å². The topological polar surface area (TPSA) is 50.5 Å². The second kappa shape index (κ2) is 11.2. The number of fused-ring (bicyclic) bond motifs is 1. The molecular formula is C39H31NO3S. The lowest BCUT2D eigenvalue weighted by molar-refractivity contribution is 0.575. The van der Waals surface area contributed by atoms with Gasteiger partial charge in [0.15, 0.2) is 0 Å². The molecular weight excluding hydrogens is 563 g/mol. The van der Waals surface area contributed by atoms with E-state index < -0.39 is 16.1 Å². The number of nitrogens with zero attached hydrogens (tertiary/aromatic N) is 1. The fraction of sp³-hybridized carbons (Fsp3) is 0.0769. The molecule has 44 heavy (non-hydrogen) atoms. The van der Waals surface area contributed by atoms with Gasteiger partial charge in [-0.1, -0.05) is 133 Å². The van der Waals surface area contributed by atoms with Crippen molar-refractivity contribution in [2.45, 2.75) is 23.8 Å². The number of sulfonamides is 1. The molecule has 216 valence electrons. The van der Waals surface area contributed by atoms with E-state index in [-0.39, 0.29) is 10.8 Å². The quantitative estimate of drug-likeness (QED) is 0.173. The van der Waals surface area contributed by atoms with Gasteiger partial charge in [0, 0.05) is 28.2 Å². The number of rotatable bonds is 7. The number of aryl methyl sites for hydroxylation is 1. The Balaban J connectivity index is 1.57. The average molecular weight is 594 g/mol. The predicted octanol–water partition coefficient (Wildman–Crippen LogP) is 9.56. The minimum Gasteiger partial charge on any atom is -0.455 e. The van der Waals surface area contributed by atoms with Crippen molar-refractivity contribution in [3.8, 4) is 22.6 Å². The number of furan rings is 1. The van der Waals surface area contributed by atoms with Gasteiger partial charge >= 0.3 is 0 Å². The highest BCUT2D eigenvalue weighted by atomic mass is 32.2. The molecule has 7 rings (SSSR count). The summed E-state index contributed by atoms with van der Waals surface area (Å²) in [5.41, 5.74) is 6.89. The van der Waals surface area contributed by atoms with Gasteiger partial charge in [0.25, 0.3) is 10.0 Å². The molecule has 6 aromatic rings. The van der Waals surface area contributed by atoms with Gasteiger partial charge in [0.05, 0.1) is 16.6 Å². The summed E-state index contributed by atoms with van der Waals surface area (Å²) in [7, 11) is -4.06. The Labute approximate surface area is 258 Å². The average Bonchev–Trinajstić information content (AvgIpc) is 3.58. The van der Waals surface area contributed by atoms with Crippen LogP contribution in [0.5, 0.6) is 0 Å². The Bertz CT molecular complexity index is 2040. The first kappa shape index (κ1) is 27.7. The number of anilines is 1. The highest BCUT2D eigenvalue weighted by molar-refractivity contribution is 7.92. The van der Waals surface area contributed by atoms with Crippen LogP contribution in [0.1, 0.15) is 34.2 Å². The second-order valence-electron chi connectivity index (χ2n) is 11.1. The third-order valence-electron chi connectivity index (χ3n) is 8.30. The summed E-state index contributed by atoms with van der Waals surface area (Å²) in [6.45, 7) is 6.62. The van der Waals surface area contributed by atoms with E-state index in [2.05, 4.69) is 18.7 Å². The van der Waals surface area contributed by atoms with Gasteiger partial charge in [0.1, 0.15) is 11.5 Å². The first-order valence-electron chi connectivity index (χ1n) is 14.6. The fourth-order valence-corrected chi connectivity index (χ4v) is 7.90. The summed E-state index contributed by atoms with van der Waals surface area (Å²) < 4.78 is 38.0. The molecule has 0 amide bonds. The van der Waals surface area contributed by atoms with Gasteiger partial charge in [0.2, 0.25) is 0 Å². The van der Waals surface area contributed by atoms with Gasteiger partial charge in [-0.05, 0) is 42.3 Å². The van der Waals surface area contributed by atoms with Gasteiger partial charge in [-0.2, -0.15) is 0 Å². The van der Waals surface area contributed by atoms with Crippen LogP contribution in [0.15, 0.2) is 167 Å². The summed E-state index contributed by atoms with van der Waals surface area (Å²) in [5, 5.41) is 0. The summed E-state index contributed by atoms with van der Waals surface area (Å²) in [4.78, 5) is 0.220. The van der Waals surface area contributed by atoms with Crippen molar-refractivity contribution in [1.82, 2.24) is 0 Å². The molecule has 0 fully saturated rings. The number of hydrogen-bond donors (Lipinski definition) is 0. The zero-order valence-electron chi connectivity index (χ0n) is 24.3. The molecule has 5 aromatic carbocycles.